The Hall–Kier alpha value is -2.52. The quantitative estimate of drug-likeness (QED) is 0.192. The van der Waals surface area contributed by atoms with Crippen molar-refractivity contribution in [2.24, 2.45) is 5.92 Å². The van der Waals surface area contributed by atoms with E-state index >= 15 is 0 Å². The summed E-state index contributed by atoms with van der Waals surface area (Å²) in [6.45, 7) is 6.41. The Labute approximate surface area is 170 Å². The van der Waals surface area contributed by atoms with Gasteiger partial charge in [0.05, 0.1) is 19.1 Å². The average Bonchev–Trinajstić information content (AvgIpc) is 2.60. The molecular weight excluding hydrogens is 388 g/mol. The predicted molar refractivity (Wildman–Crippen MR) is 100 cm³/mol. The lowest BCUT2D eigenvalue weighted by atomic mass is 9.95. The Bertz CT molecular complexity index is 519. The highest BCUT2D eigenvalue weighted by molar-refractivity contribution is 5.74. The van der Waals surface area contributed by atoms with Crippen molar-refractivity contribution < 1.29 is 48.0 Å². The van der Waals surface area contributed by atoms with Gasteiger partial charge in [-0.3, -0.25) is 9.59 Å². The number of esters is 1. The SMILES string of the molecule is CCOC(=O)OC(C)OC(=O)C(CCCCCCC(=O)O)C(C)OC(=O)OCC. The van der Waals surface area contributed by atoms with E-state index in [0.717, 1.165) is 0 Å². The molecule has 0 saturated carbocycles. The molecule has 0 bridgehead atoms. The number of carbonyl (C=O) groups excluding carboxylic acids is 3. The smallest absolute Gasteiger partial charge is 0.481 e. The van der Waals surface area contributed by atoms with Gasteiger partial charge in [-0.1, -0.05) is 19.3 Å². The highest BCUT2D eigenvalue weighted by Gasteiger charge is 2.31. The maximum absolute atomic E-state index is 12.5. The van der Waals surface area contributed by atoms with E-state index in [1.807, 2.05) is 0 Å². The molecule has 168 valence electrons. The van der Waals surface area contributed by atoms with Gasteiger partial charge < -0.3 is 28.8 Å². The lowest BCUT2D eigenvalue weighted by Gasteiger charge is -2.24. The second kappa shape index (κ2) is 15.4. The Morgan fingerprint density at radius 3 is 1.90 bits per heavy atom. The maximum Gasteiger partial charge on any atom is 0.511 e. The molecule has 3 unspecified atom stereocenters. The molecule has 0 amide bonds. The van der Waals surface area contributed by atoms with Gasteiger partial charge in [0.15, 0.2) is 0 Å². The van der Waals surface area contributed by atoms with E-state index in [9.17, 15) is 19.2 Å². The first kappa shape index (κ1) is 26.5. The van der Waals surface area contributed by atoms with Crippen molar-refractivity contribution in [1.82, 2.24) is 0 Å². The summed E-state index contributed by atoms with van der Waals surface area (Å²) in [5, 5.41) is 8.65. The number of carboxylic acid groups (broad SMARTS) is 1. The number of hydrogen-bond acceptors (Lipinski definition) is 9. The molecule has 0 spiro atoms. The van der Waals surface area contributed by atoms with Gasteiger partial charge in [-0.25, -0.2) is 9.59 Å². The van der Waals surface area contributed by atoms with Crippen LogP contribution in [0.2, 0.25) is 0 Å². The Balaban J connectivity index is 4.74. The standard InChI is InChI=1S/C19H32O10/c1-5-25-18(23)27-13(3)15(11-9-7-8-10-12-16(20)21)17(22)28-14(4)29-19(24)26-6-2/h13-15H,5-12H2,1-4H3,(H,20,21). The molecule has 0 aliphatic heterocycles. The molecule has 0 radical (unpaired) electrons. The molecule has 0 aromatic carbocycles. The van der Waals surface area contributed by atoms with Crippen LogP contribution >= 0.6 is 0 Å². The van der Waals surface area contributed by atoms with Crippen molar-refractivity contribution in [3.05, 3.63) is 0 Å². The van der Waals surface area contributed by atoms with E-state index in [0.29, 0.717) is 32.1 Å². The van der Waals surface area contributed by atoms with Gasteiger partial charge in [0.1, 0.15) is 6.10 Å². The zero-order valence-electron chi connectivity index (χ0n) is 17.5. The number of carbonyl (C=O) groups is 4. The first-order chi connectivity index (χ1) is 13.7. The molecule has 0 aliphatic carbocycles. The molecule has 0 heterocycles. The van der Waals surface area contributed by atoms with Crippen LogP contribution in [0, 0.1) is 5.92 Å². The number of rotatable bonds is 14. The largest absolute Gasteiger partial charge is 0.511 e. The summed E-state index contributed by atoms with van der Waals surface area (Å²) in [6.07, 6.45) is -0.859. The van der Waals surface area contributed by atoms with Crippen molar-refractivity contribution in [2.45, 2.75) is 78.6 Å². The molecular formula is C19H32O10. The zero-order valence-corrected chi connectivity index (χ0v) is 17.5. The first-order valence-electron chi connectivity index (χ1n) is 9.80. The van der Waals surface area contributed by atoms with Crippen molar-refractivity contribution in [1.29, 1.82) is 0 Å². The van der Waals surface area contributed by atoms with Crippen molar-refractivity contribution >= 4 is 24.2 Å². The maximum atomic E-state index is 12.5. The van der Waals surface area contributed by atoms with Crippen LogP contribution in [0.1, 0.15) is 66.2 Å². The highest BCUT2D eigenvalue weighted by Crippen LogP contribution is 2.21. The van der Waals surface area contributed by atoms with Crippen LogP contribution < -0.4 is 0 Å². The lowest BCUT2D eigenvalue weighted by Crippen LogP contribution is -2.34. The zero-order chi connectivity index (χ0) is 22.2. The Morgan fingerprint density at radius 1 is 0.793 bits per heavy atom. The summed E-state index contributed by atoms with van der Waals surface area (Å²) < 4.78 is 24.4. The van der Waals surface area contributed by atoms with Crippen LogP contribution in [-0.4, -0.2) is 55.0 Å². The predicted octanol–water partition coefficient (Wildman–Crippen LogP) is 3.65. The van der Waals surface area contributed by atoms with Crippen LogP contribution in [0.5, 0.6) is 0 Å². The number of ether oxygens (including phenoxy) is 5. The summed E-state index contributed by atoms with van der Waals surface area (Å²) in [5.74, 6) is -2.34. The molecule has 0 aliphatic rings. The van der Waals surface area contributed by atoms with Gasteiger partial charge >= 0.3 is 24.2 Å². The van der Waals surface area contributed by atoms with Crippen molar-refractivity contribution in [3.63, 3.8) is 0 Å². The summed E-state index contributed by atoms with van der Waals surface area (Å²) in [4.78, 5) is 45.9. The lowest BCUT2D eigenvalue weighted by molar-refractivity contribution is -0.176. The van der Waals surface area contributed by atoms with E-state index in [1.165, 1.54) is 6.92 Å². The minimum absolute atomic E-state index is 0.0938. The number of hydrogen-bond donors (Lipinski definition) is 1. The van der Waals surface area contributed by atoms with E-state index in [-0.39, 0.29) is 19.6 Å². The Morgan fingerprint density at radius 2 is 1.34 bits per heavy atom. The van der Waals surface area contributed by atoms with Gasteiger partial charge in [-0.15, -0.1) is 0 Å². The van der Waals surface area contributed by atoms with Crippen LogP contribution in [0.4, 0.5) is 9.59 Å². The minimum atomic E-state index is -1.17. The number of aliphatic carboxylic acids is 1. The van der Waals surface area contributed by atoms with E-state index in [1.54, 1.807) is 20.8 Å². The van der Waals surface area contributed by atoms with E-state index in [2.05, 4.69) is 4.74 Å². The summed E-state index contributed by atoms with van der Waals surface area (Å²) in [5.41, 5.74) is 0. The molecule has 0 saturated heterocycles. The van der Waals surface area contributed by atoms with Gasteiger partial charge in [-0.2, -0.15) is 0 Å². The fourth-order valence-electron chi connectivity index (χ4n) is 2.49. The third-order valence-electron chi connectivity index (χ3n) is 3.88. The summed E-state index contributed by atoms with van der Waals surface area (Å²) in [6, 6.07) is 0. The van der Waals surface area contributed by atoms with Crippen LogP contribution in [0.25, 0.3) is 0 Å². The van der Waals surface area contributed by atoms with Gasteiger partial charge in [0.2, 0.25) is 6.29 Å². The van der Waals surface area contributed by atoms with E-state index in [4.69, 9.17) is 24.1 Å². The normalized spacial score (nSPS) is 13.5. The molecule has 29 heavy (non-hydrogen) atoms. The highest BCUT2D eigenvalue weighted by atomic mass is 16.8. The first-order valence-corrected chi connectivity index (χ1v) is 9.80. The molecule has 1 N–H and O–H groups in total. The fraction of sp³-hybridized carbons (Fsp3) is 0.789. The monoisotopic (exact) mass is 420 g/mol. The topological polar surface area (TPSA) is 135 Å². The molecule has 0 fully saturated rings. The fourth-order valence-corrected chi connectivity index (χ4v) is 2.49. The van der Waals surface area contributed by atoms with Crippen LogP contribution in [0.15, 0.2) is 0 Å². The minimum Gasteiger partial charge on any atom is -0.481 e. The Kier molecular flexibility index (Phi) is 14.1. The van der Waals surface area contributed by atoms with Crippen molar-refractivity contribution in [3.8, 4) is 0 Å². The second-order valence-corrected chi connectivity index (χ2v) is 6.26. The van der Waals surface area contributed by atoms with Gasteiger partial charge in [-0.05, 0) is 33.6 Å². The summed E-state index contributed by atoms with van der Waals surface area (Å²) >= 11 is 0. The molecule has 0 aromatic rings. The molecule has 10 nitrogen and oxygen atoms in total. The molecule has 3 atom stereocenters. The van der Waals surface area contributed by atoms with E-state index < -0.39 is 42.6 Å². The molecule has 10 heteroatoms. The number of carboxylic acids is 1. The van der Waals surface area contributed by atoms with Crippen LogP contribution in [0.3, 0.4) is 0 Å². The van der Waals surface area contributed by atoms with Crippen molar-refractivity contribution in [2.75, 3.05) is 13.2 Å². The second-order valence-electron chi connectivity index (χ2n) is 6.26. The van der Waals surface area contributed by atoms with Crippen LogP contribution in [-0.2, 0) is 33.3 Å². The third kappa shape index (κ3) is 13.3. The summed E-state index contributed by atoms with van der Waals surface area (Å²) in [7, 11) is 0. The average molecular weight is 420 g/mol. The van der Waals surface area contributed by atoms with Gasteiger partial charge in [0.25, 0.3) is 0 Å². The van der Waals surface area contributed by atoms with Gasteiger partial charge in [0, 0.05) is 13.3 Å². The number of unbranched alkanes of at least 4 members (excludes halogenated alkanes) is 3. The molecule has 0 aromatic heterocycles. The molecule has 0 rings (SSSR count). The third-order valence-corrected chi connectivity index (χ3v) is 3.88.